The summed E-state index contributed by atoms with van der Waals surface area (Å²) in [5.74, 6) is -0.365. The molecule has 0 unspecified atom stereocenters. The van der Waals surface area contributed by atoms with Gasteiger partial charge in [-0.25, -0.2) is 4.79 Å². The second-order valence-corrected chi connectivity index (χ2v) is 10.6. The second-order valence-electron chi connectivity index (χ2n) is 10.6. The SMILES string of the molecule is Cl.O=C(N[C@H](Cc1c[nH]c2ccccc12)C(=O)N1Cc2ccc(NC(=O)c3ccccc3)cc2C1)OC1CCNCC1. The fourth-order valence-corrected chi connectivity index (χ4v) is 5.60. The van der Waals surface area contributed by atoms with E-state index in [2.05, 4.69) is 20.9 Å². The Bertz CT molecular complexity index is 1570. The van der Waals surface area contributed by atoms with Crippen LogP contribution < -0.4 is 16.0 Å². The van der Waals surface area contributed by atoms with Crippen LogP contribution in [0.25, 0.3) is 10.9 Å². The van der Waals surface area contributed by atoms with Gasteiger partial charge in [0.05, 0.1) is 0 Å². The number of carbonyl (C=O) groups excluding carboxylic acids is 3. The van der Waals surface area contributed by atoms with Crippen molar-refractivity contribution in [2.75, 3.05) is 18.4 Å². The van der Waals surface area contributed by atoms with E-state index >= 15 is 0 Å². The smallest absolute Gasteiger partial charge is 0.408 e. The maximum absolute atomic E-state index is 13.9. The van der Waals surface area contributed by atoms with Crippen LogP contribution in [0.15, 0.2) is 79.0 Å². The summed E-state index contributed by atoms with van der Waals surface area (Å²) in [4.78, 5) is 44.5. The molecule has 0 saturated carbocycles. The van der Waals surface area contributed by atoms with Crippen molar-refractivity contribution in [1.82, 2.24) is 20.5 Å². The number of rotatable bonds is 7. The van der Waals surface area contributed by atoms with Crippen molar-refractivity contribution in [3.8, 4) is 0 Å². The van der Waals surface area contributed by atoms with Gasteiger partial charge in [-0.1, -0.05) is 42.5 Å². The van der Waals surface area contributed by atoms with Gasteiger partial charge in [0.15, 0.2) is 0 Å². The minimum absolute atomic E-state index is 0. The molecule has 3 heterocycles. The molecule has 10 heteroatoms. The second kappa shape index (κ2) is 13.1. The van der Waals surface area contributed by atoms with Gasteiger partial charge in [0.25, 0.3) is 5.91 Å². The number of piperidine rings is 1. The van der Waals surface area contributed by atoms with Crippen LogP contribution >= 0.6 is 12.4 Å². The molecule has 6 rings (SSSR count). The summed E-state index contributed by atoms with van der Waals surface area (Å²) in [5.41, 5.74) is 5.15. The normalized spacial score (nSPS) is 15.4. The number of aromatic amines is 1. The van der Waals surface area contributed by atoms with Crippen LogP contribution in [-0.4, -0.2) is 53.0 Å². The van der Waals surface area contributed by atoms with E-state index in [0.717, 1.165) is 53.5 Å². The van der Waals surface area contributed by atoms with E-state index in [-0.39, 0.29) is 30.3 Å². The molecule has 4 aromatic rings. The molecule has 1 atom stereocenters. The van der Waals surface area contributed by atoms with Gasteiger partial charge >= 0.3 is 6.09 Å². The summed E-state index contributed by atoms with van der Waals surface area (Å²) in [6.07, 6.45) is 2.98. The molecule has 9 nitrogen and oxygen atoms in total. The molecular weight excluding hydrogens is 554 g/mol. The molecule has 3 amide bonds. The highest BCUT2D eigenvalue weighted by molar-refractivity contribution is 6.04. The fraction of sp³-hybridized carbons (Fsp3) is 0.281. The number of amides is 3. The minimum Gasteiger partial charge on any atom is -0.446 e. The zero-order valence-electron chi connectivity index (χ0n) is 23.1. The molecule has 1 saturated heterocycles. The molecule has 3 aromatic carbocycles. The molecular formula is C32H34ClN5O4. The highest BCUT2D eigenvalue weighted by Gasteiger charge is 2.32. The number of para-hydroxylation sites is 1. The third-order valence-corrected chi connectivity index (χ3v) is 7.78. The van der Waals surface area contributed by atoms with Crippen molar-refractivity contribution in [2.45, 2.75) is 44.5 Å². The summed E-state index contributed by atoms with van der Waals surface area (Å²) < 4.78 is 5.68. The Morgan fingerprint density at radius 1 is 0.929 bits per heavy atom. The molecule has 1 fully saturated rings. The van der Waals surface area contributed by atoms with Crippen LogP contribution in [0.4, 0.5) is 10.5 Å². The number of halogens is 1. The highest BCUT2D eigenvalue weighted by atomic mass is 35.5. The molecule has 2 aliphatic rings. The number of anilines is 1. The fourth-order valence-electron chi connectivity index (χ4n) is 5.60. The third-order valence-electron chi connectivity index (χ3n) is 7.78. The lowest BCUT2D eigenvalue weighted by molar-refractivity contribution is -0.134. The van der Waals surface area contributed by atoms with Crippen molar-refractivity contribution in [3.05, 3.63) is 101 Å². The lowest BCUT2D eigenvalue weighted by Crippen LogP contribution is -2.49. The third kappa shape index (κ3) is 6.58. The van der Waals surface area contributed by atoms with E-state index in [1.807, 2.05) is 66.9 Å². The predicted molar refractivity (Wildman–Crippen MR) is 164 cm³/mol. The van der Waals surface area contributed by atoms with Gasteiger partial charge in [-0.2, -0.15) is 0 Å². The van der Waals surface area contributed by atoms with Gasteiger partial charge in [-0.15, -0.1) is 12.4 Å². The number of hydrogen-bond donors (Lipinski definition) is 4. The molecule has 42 heavy (non-hydrogen) atoms. The number of aromatic nitrogens is 1. The number of nitrogens with one attached hydrogen (secondary N) is 4. The number of fused-ring (bicyclic) bond motifs is 2. The van der Waals surface area contributed by atoms with Gasteiger partial charge in [0.1, 0.15) is 12.1 Å². The number of H-pyrrole nitrogens is 1. The van der Waals surface area contributed by atoms with E-state index in [1.165, 1.54) is 0 Å². The Labute approximate surface area is 250 Å². The average molecular weight is 588 g/mol. The van der Waals surface area contributed by atoms with Crippen LogP contribution in [0.5, 0.6) is 0 Å². The van der Waals surface area contributed by atoms with Crippen LogP contribution in [0.3, 0.4) is 0 Å². The molecule has 2 aliphatic heterocycles. The molecule has 4 N–H and O–H groups in total. The molecule has 0 radical (unpaired) electrons. The highest BCUT2D eigenvalue weighted by Crippen LogP contribution is 2.28. The van der Waals surface area contributed by atoms with E-state index < -0.39 is 12.1 Å². The van der Waals surface area contributed by atoms with Crippen LogP contribution in [0.2, 0.25) is 0 Å². The lowest BCUT2D eigenvalue weighted by atomic mass is 10.0. The zero-order valence-corrected chi connectivity index (χ0v) is 23.9. The zero-order chi connectivity index (χ0) is 28.2. The number of nitrogens with zero attached hydrogens (tertiary/aromatic N) is 1. The lowest BCUT2D eigenvalue weighted by Gasteiger charge is -2.26. The monoisotopic (exact) mass is 587 g/mol. The van der Waals surface area contributed by atoms with Gasteiger partial charge in [0.2, 0.25) is 5.91 Å². The quantitative estimate of drug-likeness (QED) is 0.249. The van der Waals surface area contributed by atoms with Crippen molar-refractivity contribution >= 4 is 46.9 Å². The maximum Gasteiger partial charge on any atom is 0.408 e. The summed E-state index contributed by atoms with van der Waals surface area (Å²) in [6.45, 7) is 2.42. The molecule has 1 aromatic heterocycles. The number of alkyl carbamates (subject to hydrolysis) is 1. The first-order chi connectivity index (χ1) is 20.0. The van der Waals surface area contributed by atoms with Crippen molar-refractivity contribution < 1.29 is 19.1 Å². The largest absolute Gasteiger partial charge is 0.446 e. The Hall–Kier alpha value is -4.34. The van der Waals surface area contributed by atoms with Crippen molar-refractivity contribution in [2.24, 2.45) is 0 Å². The van der Waals surface area contributed by atoms with Gasteiger partial charge < -0.3 is 30.6 Å². The van der Waals surface area contributed by atoms with Crippen LogP contribution in [0, 0.1) is 0 Å². The van der Waals surface area contributed by atoms with Crippen molar-refractivity contribution in [1.29, 1.82) is 0 Å². The Balaban J connectivity index is 0.00000353. The van der Waals surface area contributed by atoms with Crippen LogP contribution in [0.1, 0.15) is 39.9 Å². The maximum atomic E-state index is 13.9. The van der Waals surface area contributed by atoms with E-state index in [9.17, 15) is 14.4 Å². The first-order valence-corrected chi connectivity index (χ1v) is 14.0. The summed E-state index contributed by atoms with van der Waals surface area (Å²) in [7, 11) is 0. The standard InChI is InChI=1S/C32H33N5O4.ClH/c38-30(21-6-2-1-3-7-21)35-25-11-10-22-19-37(20-24(22)16-25)31(39)29(36-32(40)41-26-12-14-33-15-13-26)17-23-18-34-28-9-5-4-8-27(23)28;/h1-11,16,18,26,29,33-34H,12-15,17,19-20H2,(H,35,38)(H,36,40);1H/t29-;/m1./s1. The van der Waals surface area contributed by atoms with Crippen molar-refractivity contribution in [3.63, 3.8) is 0 Å². The van der Waals surface area contributed by atoms with E-state index in [1.54, 1.807) is 17.0 Å². The number of hydrogen-bond acceptors (Lipinski definition) is 5. The van der Waals surface area contributed by atoms with E-state index in [0.29, 0.717) is 30.8 Å². The first kappa shape index (κ1) is 29.2. The number of benzene rings is 3. The molecule has 218 valence electrons. The summed E-state index contributed by atoms with van der Waals surface area (Å²) in [6, 6.07) is 21.9. The van der Waals surface area contributed by atoms with Gasteiger partial charge in [0, 0.05) is 47.9 Å². The minimum atomic E-state index is -0.796. The van der Waals surface area contributed by atoms with Gasteiger partial charge in [-0.3, -0.25) is 9.59 Å². The first-order valence-electron chi connectivity index (χ1n) is 14.0. The summed E-state index contributed by atoms with van der Waals surface area (Å²) >= 11 is 0. The Kier molecular flexibility index (Phi) is 9.09. The van der Waals surface area contributed by atoms with E-state index in [4.69, 9.17) is 4.74 Å². The summed E-state index contributed by atoms with van der Waals surface area (Å²) in [5, 5.41) is 10.1. The average Bonchev–Trinajstić information content (AvgIpc) is 3.61. The molecule has 0 aliphatic carbocycles. The predicted octanol–water partition coefficient (Wildman–Crippen LogP) is 4.77. The Morgan fingerprint density at radius 3 is 2.48 bits per heavy atom. The topological polar surface area (TPSA) is 116 Å². The number of carbonyl (C=O) groups is 3. The Morgan fingerprint density at radius 2 is 1.67 bits per heavy atom. The number of ether oxygens (including phenoxy) is 1. The molecule has 0 spiro atoms. The van der Waals surface area contributed by atoms with Gasteiger partial charge in [-0.05, 0) is 73.0 Å². The van der Waals surface area contributed by atoms with Crippen LogP contribution in [-0.2, 0) is 29.0 Å². The molecule has 0 bridgehead atoms.